The van der Waals surface area contributed by atoms with Crippen LogP contribution in [0.1, 0.15) is 12.5 Å². The molecular formula is C20H19NO4. The third-order valence-corrected chi connectivity index (χ3v) is 3.17. The molecule has 25 heavy (non-hydrogen) atoms. The van der Waals surface area contributed by atoms with E-state index in [0.29, 0.717) is 12.4 Å². The van der Waals surface area contributed by atoms with Crippen LogP contribution in [0.3, 0.4) is 0 Å². The smallest absolute Gasteiger partial charge is 0.349 e. The Morgan fingerprint density at radius 1 is 1.00 bits per heavy atom. The third kappa shape index (κ3) is 6.04. The highest BCUT2D eigenvalue weighted by Crippen LogP contribution is 2.15. The minimum absolute atomic E-state index is 0.0655. The molecule has 0 aliphatic carbocycles. The molecule has 2 rings (SSSR count). The van der Waals surface area contributed by atoms with Gasteiger partial charge in [-0.3, -0.25) is 0 Å². The summed E-state index contributed by atoms with van der Waals surface area (Å²) in [7, 11) is 0. The summed E-state index contributed by atoms with van der Waals surface area (Å²) in [5.41, 5.74) is 0.654. The Balaban J connectivity index is 1.86. The van der Waals surface area contributed by atoms with Gasteiger partial charge in [-0.15, -0.1) is 0 Å². The van der Waals surface area contributed by atoms with Gasteiger partial charge in [0, 0.05) is 0 Å². The number of nitrogens with zero attached hydrogens (tertiary/aromatic N) is 1. The van der Waals surface area contributed by atoms with Crippen LogP contribution in [0.15, 0.2) is 60.2 Å². The number of benzene rings is 2. The lowest BCUT2D eigenvalue weighted by atomic mass is 10.1. The Morgan fingerprint density at radius 2 is 1.68 bits per heavy atom. The number of carbonyl (C=O) groups excluding carboxylic acids is 1. The number of hydrogen-bond acceptors (Lipinski definition) is 5. The number of rotatable bonds is 8. The Hall–Kier alpha value is -3.26. The van der Waals surface area contributed by atoms with Crippen molar-refractivity contribution in [1.29, 1.82) is 5.26 Å². The number of nitriles is 1. The largest absolute Gasteiger partial charge is 0.494 e. The molecule has 0 heterocycles. The molecule has 0 aliphatic heterocycles. The monoisotopic (exact) mass is 337 g/mol. The molecule has 0 aromatic heterocycles. The first-order chi connectivity index (χ1) is 12.2. The molecule has 0 atom stereocenters. The van der Waals surface area contributed by atoms with Crippen LogP contribution < -0.4 is 9.47 Å². The zero-order valence-electron chi connectivity index (χ0n) is 14.0. The molecule has 0 fully saturated rings. The van der Waals surface area contributed by atoms with Gasteiger partial charge in [0.15, 0.2) is 0 Å². The van der Waals surface area contributed by atoms with Crippen molar-refractivity contribution in [2.24, 2.45) is 0 Å². The van der Waals surface area contributed by atoms with Gasteiger partial charge in [-0.2, -0.15) is 5.26 Å². The van der Waals surface area contributed by atoms with Gasteiger partial charge in [0.05, 0.1) is 6.61 Å². The van der Waals surface area contributed by atoms with Gasteiger partial charge in [-0.1, -0.05) is 30.3 Å². The molecule has 5 nitrogen and oxygen atoms in total. The summed E-state index contributed by atoms with van der Waals surface area (Å²) in [6.45, 7) is 2.77. The van der Waals surface area contributed by atoms with E-state index in [1.807, 2.05) is 43.3 Å². The van der Waals surface area contributed by atoms with Crippen LogP contribution >= 0.6 is 0 Å². The van der Waals surface area contributed by atoms with Crippen molar-refractivity contribution in [3.63, 3.8) is 0 Å². The van der Waals surface area contributed by atoms with Crippen LogP contribution in [-0.2, 0) is 9.53 Å². The molecule has 2 aromatic carbocycles. The average Bonchev–Trinajstić information content (AvgIpc) is 2.65. The number of hydrogen-bond donors (Lipinski definition) is 0. The van der Waals surface area contributed by atoms with E-state index >= 15 is 0 Å². The molecule has 0 unspecified atom stereocenters. The van der Waals surface area contributed by atoms with Crippen LogP contribution in [-0.4, -0.2) is 25.8 Å². The molecule has 2 aromatic rings. The van der Waals surface area contributed by atoms with Crippen molar-refractivity contribution in [3.8, 4) is 17.6 Å². The molecular weight excluding hydrogens is 318 g/mol. The maximum atomic E-state index is 12.0. The van der Waals surface area contributed by atoms with Gasteiger partial charge in [-0.25, -0.2) is 4.79 Å². The zero-order valence-corrected chi connectivity index (χ0v) is 14.0. The van der Waals surface area contributed by atoms with E-state index in [4.69, 9.17) is 19.5 Å². The first-order valence-electron chi connectivity index (χ1n) is 7.92. The average molecular weight is 337 g/mol. The Morgan fingerprint density at radius 3 is 2.32 bits per heavy atom. The van der Waals surface area contributed by atoms with E-state index in [0.717, 1.165) is 11.3 Å². The normalized spacial score (nSPS) is 10.6. The van der Waals surface area contributed by atoms with E-state index in [1.165, 1.54) is 6.08 Å². The Bertz CT molecular complexity index is 746. The summed E-state index contributed by atoms with van der Waals surface area (Å²) in [4.78, 5) is 12.0. The van der Waals surface area contributed by atoms with Gasteiger partial charge in [0.25, 0.3) is 0 Å². The SMILES string of the molecule is CCOc1ccc(/C=C(\C#N)C(=O)OCCOc2ccccc2)cc1. The fourth-order valence-electron chi connectivity index (χ4n) is 2.02. The van der Waals surface area contributed by atoms with E-state index in [2.05, 4.69) is 0 Å². The van der Waals surface area contributed by atoms with Crippen molar-refractivity contribution >= 4 is 12.0 Å². The highest BCUT2D eigenvalue weighted by Gasteiger charge is 2.10. The topological polar surface area (TPSA) is 68.5 Å². The van der Waals surface area contributed by atoms with E-state index in [-0.39, 0.29) is 18.8 Å². The molecule has 0 radical (unpaired) electrons. The molecule has 5 heteroatoms. The summed E-state index contributed by atoms with van der Waals surface area (Å²) >= 11 is 0. The van der Waals surface area contributed by atoms with Crippen LogP contribution in [0, 0.1) is 11.3 Å². The van der Waals surface area contributed by atoms with Crippen molar-refractivity contribution < 1.29 is 19.0 Å². The van der Waals surface area contributed by atoms with Crippen molar-refractivity contribution in [1.82, 2.24) is 0 Å². The lowest BCUT2D eigenvalue weighted by molar-refractivity contribution is -0.139. The third-order valence-electron chi connectivity index (χ3n) is 3.17. The summed E-state index contributed by atoms with van der Waals surface area (Å²) < 4.78 is 15.9. The maximum absolute atomic E-state index is 12.0. The van der Waals surface area contributed by atoms with Crippen LogP contribution in [0.2, 0.25) is 0 Å². The molecule has 0 N–H and O–H groups in total. The second-order valence-corrected chi connectivity index (χ2v) is 4.97. The Kier molecular flexibility index (Phi) is 7.08. The number of esters is 1. The highest BCUT2D eigenvalue weighted by molar-refractivity contribution is 5.97. The number of para-hydroxylation sites is 1. The van der Waals surface area contributed by atoms with E-state index < -0.39 is 5.97 Å². The zero-order chi connectivity index (χ0) is 17.9. The number of ether oxygens (including phenoxy) is 3. The van der Waals surface area contributed by atoms with Crippen LogP contribution in [0.5, 0.6) is 11.5 Å². The molecule has 0 saturated carbocycles. The van der Waals surface area contributed by atoms with E-state index in [1.54, 1.807) is 24.3 Å². The quantitative estimate of drug-likeness (QED) is 0.318. The molecule has 0 spiro atoms. The van der Waals surface area contributed by atoms with Crippen LogP contribution in [0.25, 0.3) is 6.08 Å². The summed E-state index contributed by atoms with van der Waals surface area (Å²) in [6, 6.07) is 18.2. The molecule has 0 saturated heterocycles. The van der Waals surface area contributed by atoms with Crippen LogP contribution in [0.4, 0.5) is 0 Å². The van der Waals surface area contributed by atoms with Gasteiger partial charge in [0.2, 0.25) is 0 Å². The standard InChI is InChI=1S/C20H19NO4/c1-2-23-19-10-8-16(9-11-19)14-17(15-21)20(22)25-13-12-24-18-6-4-3-5-7-18/h3-11,14H,2,12-13H2,1H3/b17-14+. The maximum Gasteiger partial charge on any atom is 0.349 e. The predicted octanol–water partition coefficient (Wildman–Crippen LogP) is 3.61. The second kappa shape index (κ2) is 9.78. The van der Waals surface area contributed by atoms with Gasteiger partial charge < -0.3 is 14.2 Å². The summed E-state index contributed by atoms with van der Waals surface area (Å²) in [5, 5.41) is 9.16. The van der Waals surface area contributed by atoms with Crippen molar-refractivity contribution in [2.45, 2.75) is 6.92 Å². The lowest BCUT2D eigenvalue weighted by Gasteiger charge is -2.07. The molecule has 128 valence electrons. The van der Waals surface area contributed by atoms with Crippen molar-refractivity contribution in [3.05, 3.63) is 65.7 Å². The van der Waals surface area contributed by atoms with Gasteiger partial charge >= 0.3 is 5.97 Å². The summed E-state index contributed by atoms with van der Waals surface area (Å²) in [5.74, 6) is 0.760. The first-order valence-corrected chi connectivity index (χ1v) is 7.92. The Labute approximate surface area is 147 Å². The summed E-state index contributed by atoms with van der Waals surface area (Å²) in [6.07, 6.45) is 1.48. The predicted molar refractivity (Wildman–Crippen MR) is 94.1 cm³/mol. The minimum Gasteiger partial charge on any atom is -0.494 e. The highest BCUT2D eigenvalue weighted by atomic mass is 16.6. The first kappa shape index (κ1) is 18.1. The molecule has 0 amide bonds. The van der Waals surface area contributed by atoms with Crippen molar-refractivity contribution in [2.75, 3.05) is 19.8 Å². The molecule has 0 aliphatic rings. The van der Waals surface area contributed by atoms with Gasteiger partial charge in [-0.05, 0) is 42.8 Å². The van der Waals surface area contributed by atoms with Gasteiger partial charge in [0.1, 0.15) is 36.4 Å². The minimum atomic E-state index is -0.673. The second-order valence-electron chi connectivity index (χ2n) is 4.97. The fourth-order valence-corrected chi connectivity index (χ4v) is 2.02. The number of carbonyl (C=O) groups is 1. The lowest BCUT2D eigenvalue weighted by Crippen LogP contribution is -2.13. The molecule has 0 bridgehead atoms. The van der Waals surface area contributed by atoms with E-state index in [9.17, 15) is 4.79 Å². The fraction of sp³-hybridized carbons (Fsp3) is 0.200.